The summed E-state index contributed by atoms with van der Waals surface area (Å²) >= 11 is 5.44. The molecule has 1 atom stereocenters. The van der Waals surface area contributed by atoms with Gasteiger partial charge in [-0.3, -0.25) is 9.59 Å². The highest BCUT2D eigenvalue weighted by atomic mass is 35.5. The van der Waals surface area contributed by atoms with Gasteiger partial charge in [0.05, 0.1) is 6.23 Å². The molecule has 0 aliphatic rings. The number of halogens is 1. The quantitative estimate of drug-likeness (QED) is 0.365. The Hall–Kier alpha value is -1.91. The van der Waals surface area contributed by atoms with E-state index >= 15 is 0 Å². The molecule has 0 N–H and O–H groups in total. The van der Waals surface area contributed by atoms with Crippen molar-refractivity contribution in [2.45, 2.75) is 45.6 Å². The van der Waals surface area contributed by atoms with Crippen LogP contribution in [0.15, 0.2) is 60.7 Å². The summed E-state index contributed by atoms with van der Waals surface area (Å²) in [5, 5.41) is 1.98. The van der Waals surface area contributed by atoms with E-state index in [1.165, 1.54) is 10.4 Å². The van der Waals surface area contributed by atoms with Crippen molar-refractivity contribution in [2.24, 2.45) is 5.92 Å². The first-order valence-corrected chi connectivity index (χ1v) is 12.2. The number of hydrogen-bond acceptors (Lipinski definition) is 3. The van der Waals surface area contributed by atoms with Gasteiger partial charge in [0.2, 0.25) is 5.24 Å². The van der Waals surface area contributed by atoms with Crippen molar-refractivity contribution in [3.05, 3.63) is 60.7 Å². The van der Waals surface area contributed by atoms with Crippen molar-refractivity contribution in [1.82, 2.24) is 0 Å². The third kappa shape index (κ3) is 5.33. The number of benzene rings is 2. The third-order valence-electron chi connectivity index (χ3n) is 5.29. The summed E-state index contributed by atoms with van der Waals surface area (Å²) in [7, 11) is -2.43. The van der Waals surface area contributed by atoms with Gasteiger partial charge in [-0.25, -0.2) is 0 Å². The molecule has 0 fully saturated rings. The fourth-order valence-electron chi connectivity index (χ4n) is 3.74. The Labute approximate surface area is 174 Å². The van der Waals surface area contributed by atoms with E-state index in [4.69, 9.17) is 16.3 Å². The monoisotopic (exact) mass is 416 g/mol. The lowest BCUT2D eigenvalue weighted by Crippen LogP contribution is -2.67. The van der Waals surface area contributed by atoms with Gasteiger partial charge in [-0.05, 0) is 32.9 Å². The van der Waals surface area contributed by atoms with Gasteiger partial charge in [-0.1, -0.05) is 88.4 Å². The van der Waals surface area contributed by atoms with Gasteiger partial charge in [0.15, 0.2) is 8.07 Å². The number of ether oxygens (including phenoxy) is 1. The van der Waals surface area contributed by atoms with Crippen LogP contribution in [0.1, 0.15) is 40.5 Å². The zero-order valence-corrected chi connectivity index (χ0v) is 18.8. The van der Waals surface area contributed by atoms with Crippen LogP contribution in [0.2, 0.25) is 5.04 Å². The fourth-order valence-corrected chi connectivity index (χ4v) is 8.74. The molecule has 3 nitrogen and oxygen atoms in total. The van der Waals surface area contributed by atoms with Crippen molar-refractivity contribution < 1.29 is 14.3 Å². The van der Waals surface area contributed by atoms with E-state index in [1.54, 1.807) is 0 Å². The third-order valence-corrected chi connectivity index (χ3v) is 11.2. The average molecular weight is 417 g/mol. The molecule has 0 saturated heterocycles. The Kier molecular flexibility index (Phi) is 7.61. The molecule has 0 radical (unpaired) electrons. The molecule has 0 spiro atoms. The summed E-state index contributed by atoms with van der Waals surface area (Å²) in [5.74, 6) is -0.407. The molecule has 0 heterocycles. The van der Waals surface area contributed by atoms with E-state index < -0.39 is 13.3 Å². The van der Waals surface area contributed by atoms with Gasteiger partial charge in [0.1, 0.15) is 0 Å². The lowest BCUT2D eigenvalue weighted by molar-refractivity contribution is -0.142. The maximum atomic E-state index is 12.5. The van der Waals surface area contributed by atoms with Crippen LogP contribution in [-0.4, -0.2) is 25.5 Å². The van der Waals surface area contributed by atoms with Crippen LogP contribution in [0.25, 0.3) is 0 Å². The first-order valence-electron chi connectivity index (χ1n) is 9.62. The van der Waals surface area contributed by atoms with E-state index in [0.717, 1.165) is 0 Å². The summed E-state index contributed by atoms with van der Waals surface area (Å²) in [4.78, 5) is 23.6. The van der Waals surface area contributed by atoms with Crippen molar-refractivity contribution in [2.75, 3.05) is 6.23 Å². The summed E-state index contributed by atoms with van der Waals surface area (Å²) in [6.45, 7) is 8.51. The zero-order valence-electron chi connectivity index (χ0n) is 17.1. The lowest BCUT2D eigenvalue weighted by atomic mass is 10.1. The van der Waals surface area contributed by atoms with Crippen LogP contribution in [0, 0.1) is 5.92 Å². The Balaban J connectivity index is 2.37. The van der Waals surface area contributed by atoms with Crippen LogP contribution < -0.4 is 10.4 Å². The second-order valence-electron chi connectivity index (χ2n) is 8.42. The minimum Gasteiger partial charge on any atom is -0.469 e. The Morgan fingerprint density at radius 2 is 1.39 bits per heavy atom. The molecule has 0 aliphatic heterocycles. The predicted octanol–water partition coefficient (Wildman–Crippen LogP) is 4.31. The fraction of sp³-hybridized carbons (Fsp3) is 0.391. The summed E-state index contributed by atoms with van der Waals surface area (Å²) < 4.78 is 5.86. The minimum absolute atomic E-state index is 0.0757. The highest BCUT2D eigenvalue weighted by molar-refractivity contribution is 7.04. The largest absolute Gasteiger partial charge is 0.469 e. The number of hydrogen-bond donors (Lipinski definition) is 0. The van der Waals surface area contributed by atoms with Gasteiger partial charge < -0.3 is 4.74 Å². The molecule has 28 heavy (non-hydrogen) atoms. The van der Waals surface area contributed by atoms with Crippen LogP contribution in [0.4, 0.5) is 0 Å². The van der Waals surface area contributed by atoms with E-state index in [-0.39, 0.29) is 29.8 Å². The molecule has 0 unspecified atom stereocenters. The second-order valence-corrected chi connectivity index (χ2v) is 13.6. The van der Waals surface area contributed by atoms with Crippen molar-refractivity contribution in [3.8, 4) is 0 Å². The SMILES string of the molecule is C[C@@H](CC(=O)Cl)CC(=O)OC[Si](c1ccccc1)(c1ccccc1)C(C)(C)C. The second kappa shape index (κ2) is 9.53. The maximum Gasteiger partial charge on any atom is 0.305 e. The standard InChI is InChI=1S/C23H29ClO3Si/c1-18(15-21(24)25)16-22(26)27-17-28(23(2,3)4,19-11-7-5-8-12-19)20-13-9-6-10-14-20/h5-14,18H,15-17H2,1-4H3/t18-/m0/s1. The molecule has 0 saturated carbocycles. The lowest BCUT2D eigenvalue weighted by Gasteiger charge is -2.43. The summed E-state index contributed by atoms with van der Waals surface area (Å²) in [6.07, 6.45) is 0.734. The maximum absolute atomic E-state index is 12.5. The highest BCUT2D eigenvalue weighted by Gasteiger charge is 2.49. The predicted molar refractivity (Wildman–Crippen MR) is 118 cm³/mol. The van der Waals surface area contributed by atoms with Gasteiger partial charge in [0, 0.05) is 12.8 Å². The minimum atomic E-state index is -2.43. The van der Waals surface area contributed by atoms with Crippen molar-refractivity contribution in [1.29, 1.82) is 0 Å². The molecule has 0 amide bonds. The van der Waals surface area contributed by atoms with Gasteiger partial charge in [0.25, 0.3) is 0 Å². The van der Waals surface area contributed by atoms with Crippen LogP contribution >= 0.6 is 11.6 Å². The molecule has 0 bridgehead atoms. The molecule has 2 rings (SSSR count). The first-order chi connectivity index (χ1) is 13.2. The topological polar surface area (TPSA) is 43.4 Å². The van der Waals surface area contributed by atoms with Crippen LogP contribution in [-0.2, 0) is 14.3 Å². The molecule has 0 aliphatic carbocycles. The van der Waals surface area contributed by atoms with Gasteiger partial charge >= 0.3 is 5.97 Å². The molecule has 2 aromatic carbocycles. The summed E-state index contributed by atoms with van der Waals surface area (Å²) in [6, 6.07) is 20.8. The van der Waals surface area contributed by atoms with E-state index in [0.29, 0.717) is 6.23 Å². The number of esters is 1. The Morgan fingerprint density at radius 3 is 1.79 bits per heavy atom. The number of carbonyl (C=O) groups excluding carboxylic acids is 2. The summed E-state index contributed by atoms with van der Waals surface area (Å²) in [5.41, 5.74) is 0. The molecule has 2 aromatic rings. The van der Waals surface area contributed by atoms with Crippen molar-refractivity contribution >= 4 is 41.3 Å². The van der Waals surface area contributed by atoms with Gasteiger partial charge in [-0.2, -0.15) is 0 Å². The highest BCUT2D eigenvalue weighted by Crippen LogP contribution is 2.36. The zero-order chi connectivity index (χ0) is 20.8. The molecular weight excluding hydrogens is 388 g/mol. The first kappa shape index (κ1) is 22.4. The molecule has 5 heteroatoms. The van der Waals surface area contributed by atoms with E-state index in [9.17, 15) is 9.59 Å². The number of rotatable bonds is 8. The van der Waals surface area contributed by atoms with Gasteiger partial charge in [-0.15, -0.1) is 0 Å². The van der Waals surface area contributed by atoms with Crippen LogP contribution in [0.5, 0.6) is 0 Å². The van der Waals surface area contributed by atoms with Crippen LogP contribution in [0.3, 0.4) is 0 Å². The average Bonchev–Trinajstić information content (AvgIpc) is 2.62. The Bertz CT molecular complexity index is 745. The number of carbonyl (C=O) groups is 2. The van der Waals surface area contributed by atoms with Crippen molar-refractivity contribution in [3.63, 3.8) is 0 Å². The molecule has 0 aromatic heterocycles. The smallest absolute Gasteiger partial charge is 0.305 e. The van der Waals surface area contributed by atoms with E-state index in [2.05, 4.69) is 45.0 Å². The molecular formula is C23H29ClO3Si. The van der Waals surface area contributed by atoms with E-state index in [1.807, 2.05) is 43.3 Å². The normalized spacial score (nSPS) is 13.0. The molecule has 150 valence electrons. The Morgan fingerprint density at radius 1 is 0.929 bits per heavy atom.